The van der Waals surface area contributed by atoms with E-state index in [2.05, 4.69) is 10.3 Å². The van der Waals surface area contributed by atoms with Gasteiger partial charge in [0.05, 0.1) is 5.69 Å². The number of halogens is 1. The van der Waals surface area contributed by atoms with E-state index in [1.54, 1.807) is 18.3 Å². The van der Waals surface area contributed by atoms with Crippen molar-refractivity contribution in [2.45, 2.75) is 13.8 Å². The number of nitrogens with one attached hydrogen (secondary N) is 1. The number of hydrogen-bond acceptors (Lipinski definition) is 2. The molecule has 1 aromatic carbocycles. The molecule has 1 N–H and O–H groups in total. The fraction of sp³-hybridized carbons (Fsp3) is 0.143. The summed E-state index contributed by atoms with van der Waals surface area (Å²) in [5.74, 6) is -0.746. The van der Waals surface area contributed by atoms with Crippen molar-refractivity contribution in [3.05, 3.63) is 48.0 Å². The van der Waals surface area contributed by atoms with Crippen LogP contribution in [0.25, 0.3) is 11.1 Å². The van der Waals surface area contributed by atoms with Gasteiger partial charge in [-0.3, -0.25) is 9.78 Å². The maximum atomic E-state index is 13.5. The van der Waals surface area contributed by atoms with Crippen LogP contribution in [-0.2, 0) is 4.79 Å². The topological polar surface area (TPSA) is 42.0 Å². The molecule has 0 spiro atoms. The lowest BCUT2D eigenvalue weighted by atomic mass is 10.0. The Labute approximate surface area is 105 Å². The minimum absolute atomic E-state index is 0.184. The van der Waals surface area contributed by atoms with E-state index in [0.717, 1.165) is 16.8 Å². The first-order valence-electron chi connectivity index (χ1n) is 5.57. The van der Waals surface area contributed by atoms with Gasteiger partial charge in [-0.25, -0.2) is 4.39 Å². The molecule has 0 radical (unpaired) electrons. The molecule has 2 rings (SSSR count). The average molecular weight is 244 g/mol. The van der Waals surface area contributed by atoms with Crippen LogP contribution in [-0.4, -0.2) is 10.9 Å². The molecule has 92 valence electrons. The largest absolute Gasteiger partial charge is 0.324 e. The minimum Gasteiger partial charge on any atom is -0.324 e. The lowest BCUT2D eigenvalue weighted by Gasteiger charge is -2.09. The summed E-state index contributed by atoms with van der Waals surface area (Å²) in [5.41, 5.74) is 2.79. The first kappa shape index (κ1) is 12.2. The Morgan fingerprint density at radius 3 is 2.78 bits per heavy atom. The first-order valence-corrected chi connectivity index (χ1v) is 5.57. The molecule has 1 amide bonds. The van der Waals surface area contributed by atoms with E-state index in [-0.39, 0.29) is 11.6 Å². The number of hydrogen-bond donors (Lipinski definition) is 1. The maximum absolute atomic E-state index is 13.5. The summed E-state index contributed by atoms with van der Waals surface area (Å²) in [5, 5.41) is 2.47. The number of aromatic nitrogens is 1. The van der Waals surface area contributed by atoms with E-state index >= 15 is 0 Å². The second-order valence-electron chi connectivity index (χ2n) is 4.01. The van der Waals surface area contributed by atoms with Crippen LogP contribution < -0.4 is 5.32 Å². The molecule has 0 fully saturated rings. The number of carbonyl (C=O) groups is 1. The molecule has 0 aliphatic rings. The number of benzene rings is 1. The molecule has 0 saturated carbocycles. The normalized spacial score (nSPS) is 10.2. The van der Waals surface area contributed by atoms with Gasteiger partial charge in [0.15, 0.2) is 0 Å². The fourth-order valence-electron chi connectivity index (χ4n) is 1.77. The van der Waals surface area contributed by atoms with Gasteiger partial charge in [0.1, 0.15) is 5.82 Å². The molecule has 1 aromatic heterocycles. The highest BCUT2D eigenvalue weighted by atomic mass is 19.1. The maximum Gasteiger partial charge on any atom is 0.221 e. The summed E-state index contributed by atoms with van der Waals surface area (Å²) in [6.07, 6.45) is 1.71. The van der Waals surface area contributed by atoms with Crippen molar-refractivity contribution in [1.29, 1.82) is 0 Å². The number of nitrogens with zero attached hydrogens (tertiary/aromatic N) is 1. The summed E-state index contributed by atoms with van der Waals surface area (Å²) >= 11 is 0. The molecule has 1 heterocycles. The SMILES string of the molecule is CC(=O)Nc1cc(-c2cccnc2C)ccc1F. The number of anilines is 1. The molecular weight excluding hydrogens is 231 g/mol. The Kier molecular flexibility index (Phi) is 3.37. The van der Waals surface area contributed by atoms with Crippen molar-refractivity contribution >= 4 is 11.6 Å². The van der Waals surface area contributed by atoms with Crippen LogP contribution in [0, 0.1) is 12.7 Å². The van der Waals surface area contributed by atoms with Gasteiger partial charge in [-0.15, -0.1) is 0 Å². The van der Waals surface area contributed by atoms with Gasteiger partial charge in [-0.1, -0.05) is 12.1 Å². The Bertz CT molecular complexity index is 596. The average Bonchev–Trinajstić information content (AvgIpc) is 2.32. The van der Waals surface area contributed by atoms with Crippen molar-refractivity contribution in [1.82, 2.24) is 4.98 Å². The quantitative estimate of drug-likeness (QED) is 0.881. The van der Waals surface area contributed by atoms with Crippen molar-refractivity contribution < 1.29 is 9.18 Å². The summed E-state index contributed by atoms with van der Waals surface area (Å²) in [4.78, 5) is 15.2. The lowest BCUT2D eigenvalue weighted by Crippen LogP contribution is -2.07. The van der Waals surface area contributed by atoms with Crippen LogP contribution in [0.1, 0.15) is 12.6 Å². The minimum atomic E-state index is -0.449. The van der Waals surface area contributed by atoms with Gasteiger partial charge in [-0.2, -0.15) is 0 Å². The molecule has 3 nitrogen and oxygen atoms in total. The highest BCUT2D eigenvalue weighted by molar-refractivity contribution is 5.89. The Morgan fingerprint density at radius 2 is 2.11 bits per heavy atom. The molecule has 0 bridgehead atoms. The molecular formula is C14H13FN2O. The number of aryl methyl sites for hydroxylation is 1. The van der Waals surface area contributed by atoms with Crippen molar-refractivity contribution in [2.24, 2.45) is 0 Å². The summed E-state index contributed by atoms with van der Waals surface area (Å²) in [7, 11) is 0. The second kappa shape index (κ2) is 4.96. The Morgan fingerprint density at radius 1 is 1.33 bits per heavy atom. The molecule has 0 aliphatic heterocycles. The van der Waals surface area contributed by atoms with Gasteiger partial charge in [-0.05, 0) is 30.7 Å². The first-order chi connectivity index (χ1) is 8.58. The Hall–Kier alpha value is -2.23. The zero-order chi connectivity index (χ0) is 13.1. The molecule has 18 heavy (non-hydrogen) atoms. The monoisotopic (exact) mass is 244 g/mol. The molecule has 0 atom stereocenters. The zero-order valence-electron chi connectivity index (χ0n) is 10.2. The highest BCUT2D eigenvalue weighted by Gasteiger charge is 2.08. The van der Waals surface area contributed by atoms with Gasteiger partial charge in [0.2, 0.25) is 5.91 Å². The summed E-state index contributed by atoms with van der Waals surface area (Å²) in [6.45, 7) is 3.23. The van der Waals surface area contributed by atoms with E-state index in [4.69, 9.17) is 0 Å². The van der Waals surface area contributed by atoms with E-state index < -0.39 is 5.82 Å². The van der Waals surface area contributed by atoms with Crippen LogP contribution in [0.3, 0.4) is 0 Å². The summed E-state index contributed by atoms with van der Waals surface area (Å²) in [6, 6.07) is 8.36. The van der Waals surface area contributed by atoms with Crippen LogP contribution in [0.5, 0.6) is 0 Å². The van der Waals surface area contributed by atoms with Gasteiger partial charge in [0.25, 0.3) is 0 Å². The van der Waals surface area contributed by atoms with E-state index in [1.165, 1.54) is 13.0 Å². The van der Waals surface area contributed by atoms with Gasteiger partial charge >= 0.3 is 0 Å². The van der Waals surface area contributed by atoms with Gasteiger partial charge < -0.3 is 5.32 Å². The number of rotatable bonds is 2. The third-order valence-electron chi connectivity index (χ3n) is 2.59. The lowest BCUT2D eigenvalue weighted by molar-refractivity contribution is -0.114. The highest BCUT2D eigenvalue weighted by Crippen LogP contribution is 2.26. The van der Waals surface area contributed by atoms with E-state index in [9.17, 15) is 9.18 Å². The predicted octanol–water partition coefficient (Wildman–Crippen LogP) is 3.15. The number of amides is 1. The standard InChI is InChI=1S/C14H13FN2O/c1-9-12(4-3-7-16-9)11-5-6-13(15)14(8-11)17-10(2)18/h3-8H,1-2H3,(H,17,18). The number of carbonyl (C=O) groups excluding carboxylic acids is 1. The third kappa shape index (κ3) is 2.53. The smallest absolute Gasteiger partial charge is 0.221 e. The molecule has 0 unspecified atom stereocenters. The van der Waals surface area contributed by atoms with Gasteiger partial charge in [0, 0.05) is 24.4 Å². The number of pyridine rings is 1. The summed E-state index contributed by atoms with van der Waals surface area (Å²) < 4.78 is 13.5. The fourth-order valence-corrected chi connectivity index (χ4v) is 1.77. The molecule has 0 aliphatic carbocycles. The van der Waals surface area contributed by atoms with Crippen molar-refractivity contribution in [3.63, 3.8) is 0 Å². The third-order valence-corrected chi connectivity index (χ3v) is 2.59. The van der Waals surface area contributed by atoms with Crippen LogP contribution >= 0.6 is 0 Å². The van der Waals surface area contributed by atoms with E-state index in [0.29, 0.717) is 0 Å². The van der Waals surface area contributed by atoms with Crippen LogP contribution in [0.2, 0.25) is 0 Å². The van der Waals surface area contributed by atoms with Crippen molar-refractivity contribution in [2.75, 3.05) is 5.32 Å². The van der Waals surface area contributed by atoms with Crippen LogP contribution in [0.15, 0.2) is 36.5 Å². The van der Waals surface area contributed by atoms with Crippen molar-refractivity contribution in [3.8, 4) is 11.1 Å². The molecule has 4 heteroatoms. The molecule has 0 saturated heterocycles. The molecule has 2 aromatic rings. The van der Waals surface area contributed by atoms with E-state index in [1.807, 2.05) is 19.1 Å². The predicted molar refractivity (Wildman–Crippen MR) is 68.7 cm³/mol. The Balaban J connectivity index is 2.47. The van der Waals surface area contributed by atoms with Crippen LogP contribution in [0.4, 0.5) is 10.1 Å². The zero-order valence-corrected chi connectivity index (χ0v) is 10.2. The second-order valence-corrected chi connectivity index (χ2v) is 4.01.